The fourth-order valence-electron chi connectivity index (χ4n) is 1.70. The molecule has 2 rings (SSSR count). The van der Waals surface area contributed by atoms with E-state index >= 15 is 0 Å². The molecule has 2 aromatic rings. The maximum absolute atomic E-state index is 12.1. The quantitative estimate of drug-likeness (QED) is 0.814. The Morgan fingerprint density at radius 2 is 1.91 bits per heavy atom. The van der Waals surface area contributed by atoms with Crippen molar-refractivity contribution in [1.82, 2.24) is 4.98 Å². The third kappa shape index (κ3) is 4.34. The molecule has 0 fully saturated rings. The summed E-state index contributed by atoms with van der Waals surface area (Å²) < 4.78 is 40.1. The number of aromatic nitrogens is 1. The lowest BCUT2D eigenvalue weighted by molar-refractivity contribution is -0.274. The van der Waals surface area contributed by atoms with Crippen LogP contribution in [0.3, 0.4) is 0 Å². The number of hydrogen-bond donors (Lipinski definition) is 2. The van der Waals surface area contributed by atoms with Gasteiger partial charge in [-0.2, -0.15) is 5.26 Å². The van der Waals surface area contributed by atoms with E-state index in [4.69, 9.17) is 22.3 Å². The Morgan fingerprint density at radius 1 is 1.26 bits per heavy atom. The summed E-state index contributed by atoms with van der Waals surface area (Å²) in [6.45, 7) is 0. The monoisotopic (exact) mass is 340 g/mol. The first kappa shape index (κ1) is 16.6. The van der Waals surface area contributed by atoms with Gasteiger partial charge in [0.2, 0.25) is 0 Å². The first-order valence-electron chi connectivity index (χ1n) is 6.06. The van der Waals surface area contributed by atoms with Gasteiger partial charge in [-0.15, -0.1) is 13.2 Å². The smallest absolute Gasteiger partial charge is 0.406 e. The molecule has 0 aliphatic rings. The van der Waals surface area contributed by atoms with Gasteiger partial charge in [0.25, 0.3) is 0 Å². The van der Waals surface area contributed by atoms with Crippen LogP contribution in [0.15, 0.2) is 36.5 Å². The van der Waals surface area contributed by atoms with Gasteiger partial charge in [0.05, 0.1) is 10.6 Å². The molecule has 0 bridgehead atoms. The van der Waals surface area contributed by atoms with E-state index in [1.165, 1.54) is 24.4 Å². The average molecular weight is 341 g/mol. The topological polar surface area (TPSA) is 81.8 Å². The van der Waals surface area contributed by atoms with E-state index in [0.717, 1.165) is 12.1 Å². The van der Waals surface area contributed by atoms with Gasteiger partial charge in [-0.3, -0.25) is 5.41 Å². The van der Waals surface area contributed by atoms with Crippen LogP contribution in [-0.4, -0.2) is 17.1 Å². The van der Waals surface area contributed by atoms with Gasteiger partial charge < -0.3 is 10.1 Å². The highest BCUT2D eigenvalue weighted by atomic mass is 35.5. The number of anilines is 2. The van der Waals surface area contributed by atoms with Crippen LogP contribution in [0.25, 0.3) is 0 Å². The maximum Gasteiger partial charge on any atom is 0.573 e. The van der Waals surface area contributed by atoms with E-state index in [0.29, 0.717) is 5.69 Å². The van der Waals surface area contributed by atoms with Gasteiger partial charge in [-0.05, 0) is 30.3 Å². The summed E-state index contributed by atoms with van der Waals surface area (Å²) in [7, 11) is 0. The standard InChI is InChI=1S/C14H8ClF3N4O/c15-10-5-6-21-13(12(10)11(20)7-19)22-8-1-3-9(4-2-8)23-14(16,17)18/h1-6,20H,(H,21,22). The molecule has 2 N–H and O–H groups in total. The molecule has 0 aliphatic carbocycles. The number of nitriles is 1. The second-order valence-electron chi connectivity index (χ2n) is 4.20. The Labute approximate surface area is 133 Å². The van der Waals surface area contributed by atoms with Crippen LogP contribution >= 0.6 is 11.6 Å². The summed E-state index contributed by atoms with van der Waals surface area (Å²) in [6, 6.07) is 8.00. The molecule has 1 aromatic heterocycles. The molecule has 0 unspecified atom stereocenters. The van der Waals surface area contributed by atoms with Gasteiger partial charge in [-0.1, -0.05) is 11.6 Å². The molecule has 0 atom stereocenters. The molecule has 5 nitrogen and oxygen atoms in total. The summed E-state index contributed by atoms with van der Waals surface area (Å²) in [5.41, 5.74) is 0.108. The molecular formula is C14H8ClF3N4O. The molecule has 9 heteroatoms. The second-order valence-corrected chi connectivity index (χ2v) is 4.61. The molecule has 1 aromatic carbocycles. The molecule has 118 valence electrons. The third-order valence-corrected chi connectivity index (χ3v) is 2.93. The molecule has 0 spiro atoms. The van der Waals surface area contributed by atoms with E-state index < -0.39 is 6.36 Å². The minimum absolute atomic E-state index is 0.104. The lowest BCUT2D eigenvalue weighted by atomic mass is 10.1. The van der Waals surface area contributed by atoms with Crippen molar-refractivity contribution in [3.63, 3.8) is 0 Å². The predicted octanol–water partition coefficient (Wildman–Crippen LogP) is 4.27. The van der Waals surface area contributed by atoms with Crippen LogP contribution < -0.4 is 10.1 Å². The molecule has 23 heavy (non-hydrogen) atoms. The van der Waals surface area contributed by atoms with Gasteiger partial charge in [0.15, 0.2) is 0 Å². The number of halogens is 4. The van der Waals surface area contributed by atoms with E-state index in [9.17, 15) is 13.2 Å². The SMILES string of the molecule is N#CC(=N)c1c(Cl)ccnc1Nc1ccc(OC(F)(F)F)cc1. The molecule has 0 aliphatic heterocycles. The van der Waals surface area contributed by atoms with E-state index in [2.05, 4.69) is 15.0 Å². The molecule has 0 saturated heterocycles. The molecular weight excluding hydrogens is 333 g/mol. The highest BCUT2D eigenvalue weighted by Gasteiger charge is 2.30. The highest BCUT2D eigenvalue weighted by molar-refractivity contribution is 6.36. The minimum atomic E-state index is -4.77. The molecule has 0 amide bonds. The number of nitrogens with zero attached hydrogens (tertiary/aromatic N) is 2. The first-order valence-corrected chi connectivity index (χ1v) is 6.44. The number of ether oxygens (including phenoxy) is 1. The summed E-state index contributed by atoms with van der Waals surface area (Å²) in [4.78, 5) is 3.99. The van der Waals surface area contributed by atoms with Crippen molar-refractivity contribution in [3.05, 3.63) is 47.1 Å². The zero-order valence-corrected chi connectivity index (χ0v) is 12.0. The minimum Gasteiger partial charge on any atom is -0.406 e. The van der Waals surface area contributed by atoms with Crippen molar-refractivity contribution < 1.29 is 17.9 Å². The average Bonchev–Trinajstić information content (AvgIpc) is 2.47. The number of hydrogen-bond acceptors (Lipinski definition) is 5. The van der Waals surface area contributed by atoms with Crippen molar-refractivity contribution in [1.29, 1.82) is 10.7 Å². The van der Waals surface area contributed by atoms with Crippen molar-refractivity contribution in [2.45, 2.75) is 6.36 Å². The van der Waals surface area contributed by atoms with Crippen LogP contribution in [0.2, 0.25) is 5.02 Å². The van der Waals surface area contributed by atoms with E-state index in [1.54, 1.807) is 6.07 Å². The zero-order valence-electron chi connectivity index (χ0n) is 11.3. The van der Waals surface area contributed by atoms with Crippen LogP contribution in [-0.2, 0) is 0 Å². The Bertz CT molecular complexity index is 769. The summed E-state index contributed by atoms with van der Waals surface area (Å²) in [5.74, 6) is -0.222. The number of pyridine rings is 1. The number of alkyl halides is 3. The summed E-state index contributed by atoms with van der Waals surface area (Å²) >= 11 is 5.95. The summed E-state index contributed by atoms with van der Waals surface area (Å²) in [6.07, 6.45) is -3.39. The largest absolute Gasteiger partial charge is 0.573 e. The Morgan fingerprint density at radius 3 is 2.48 bits per heavy atom. The van der Waals surface area contributed by atoms with Crippen LogP contribution in [0.1, 0.15) is 5.56 Å². The fourth-order valence-corrected chi connectivity index (χ4v) is 1.94. The molecule has 0 saturated carbocycles. The predicted molar refractivity (Wildman–Crippen MR) is 78.1 cm³/mol. The van der Waals surface area contributed by atoms with Crippen LogP contribution in [0, 0.1) is 16.7 Å². The molecule has 0 radical (unpaired) electrons. The lowest BCUT2D eigenvalue weighted by Crippen LogP contribution is -2.17. The Kier molecular flexibility index (Phi) is 4.71. The van der Waals surface area contributed by atoms with E-state index in [-0.39, 0.29) is 27.9 Å². The van der Waals surface area contributed by atoms with E-state index in [1.807, 2.05) is 0 Å². The zero-order chi connectivity index (χ0) is 17.0. The second kappa shape index (κ2) is 6.54. The van der Waals surface area contributed by atoms with Crippen molar-refractivity contribution >= 4 is 28.8 Å². The first-order chi connectivity index (χ1) is 10.8. The van der Waals surface area contributed by atoms with Gasteiger partial charge in [0, 0.05) is 11.9 Å². The number of nitrogens with one attached hydrogen (secondary N) is 2. The van der Waals surface area contributed by atoms with Crippen molar-refractivity contribution in [2.75, 3.05) is 5.32 Å². The van der Waals surface area contributed by atoms with Crippen LogP contribution in [0.4, 0.5) is 24.7 Å². The van der Waals surface area contributed by atoms with Gasteiger partial charge >= 0.3 is 6.36 Å². The fraction of sp³-hybridized carbons (Fsp3) is 0.0714. The maximum atomic E-state index is 12.1. The van der Waals surface area contributed by atoms with Crippen LogP contribution in [0.5, 0.6) is 5.75 Å². The summed E-state index contributed by atoms with van der Waals surface area (Å²) in [5, 5.41) is 19.4. The van der Waals surface area contributed by atoms with Gasteiger partial charge in [-0.25, -0.2) is 4.98 Å². The normalized spacial score (nSPS) is 10.7. The number of benzene rings is 1. The van der Waals surface area contributed by atoms with Crippen molar-refractivity contribution in [2.24, 2.45) is 0 Å². The number of rotatable bonds is 4. The Balaban J connectivity index is 2.25. The lowest BCUT2D eigenvalue weighted by Gasteiger charge is -2.12. The Hall–Kier alpha value is -2.79. The van der Waals surface area contributed by atoms with Crippen molar-refractivity contribution in [3.8, 4) is 11.8 Å². The highest BCUT2D eigenvalue weighted by Crippen LogP contribution is 2.28. The van der Waals surface area contributed by atoms with Gasteiger partial charge in [0.1, 0.15) is 23.3 Å². The third-order valence-electron chi connectivity index (χ3n) is 2.61. The molecule has 1 heterocycles.